The van der Waals surface area contributed by atoms with Crippen LogP contribution >= 0.6 is 11.6 Å². The molecule has 0 radical (unpaired) electrons. The Balaban J connectivity index is 2.54. The van der Waals surface area contributed by atoms with E-state index in [0.29, 0.717) is 21.8 Å². The van der Waals surface area contributed by atoms with Gasteiger partial charge in [-0.25, -0.2) is 0 Å². The molecule has 0 aliphatic rings. The van der Waals surface area contributed by atoms with E-state index in [-0.39, 0.29) is 24.1 Å². The molecule has 5 nitrogen and oxygen atoms in total. The number of carbonyl (C=O) groups excluding carboxylic acids is 1. The molecule has 1 heterocycles. The van der Waals surface area contributed by atoms with Gasteiger partial charge in [0, 0.05) is 17.8 Å². The van der Waals surface area contributed by atoms with E-state index in [1.54, 1.807) is 23.9 Å². The van der Waals surface area contributed by atoms with Gasteiger partial charge in [-0.1, -0.05) is 29.8 Å². The third kappa shape index (κ3) is 3.92. The number of hydrogen-bond donors (Lipinski definition) is 2. The van der Waals surface area contributed by atoms with Crippen molar-refractivity contribution in [3.63, 3.8) is 0 Å². The van der Waals surface area contributed by atoms with E-state index in [1.807, 2.05) is 39.0 Å². The summed E-state index contributed by atoms with van der Waals surface area (Å²) in [6, 6.07) is 6.96. The molecule has 0 fully saturated rings. The summed E-state index contributed by atoms with van der Waals surface area (Å²) < 4.78 is 1.75. The van der Waals surface area contributed by atoms with Crippen LogP contribution in [0.5, 0.6) is 0 Å². The van der Waals surface area contributed by atoms with Crippen LogP contribution in [0.2, 0.25) is 5.02 Å². The summed E-state index contributed by atoms with van der Waals surface area (Å²) in [5.74, 6) is -0.281. The van der Waals surface area contributed by atoms with E-state index in [9.17, 15) is 4.79 Å². The van der Waals surface area contributed by atoms with Gasteiger partial charge in [-0.3, -0.25) is 9.48 Å². The number of halogens is 1. The Hall–Kier alpha value is -1.85. The monoisotopic (exact) mass is 335 g/mol. The van der Waals surface area contributed by atoms with Crippen LogP contribution in [-0.2, 0) is 5.54 Å². The highest BCUT2D eigenvalue weighted by atomic mass is 35.5. The van der Waals surface area contributed by atoms with Crippen molar-refractivity contribution in [2.45, 2.75) is 39.3 Å². The van der Waals surface area contributed by atoms with Gasteiger partial charge in [0.1, 0.15) is 5.69 Å². The molecule has 1 atom stereocenters. The summed E-state index contributed by atoms with van der Waals surface area (Å²) in [5.41, 5.74) is 1.41. The minimum Gasteiger partial charge on any atom is -0.394 e. The predicted octanol–water partition coefficient (Wildman–Crippen LogP) is 3.07. The number of nitrogens with one attached hydrogen (secondary N) is 1. The maximum atomic E-state index is 12.5. The number of aromatic nitrogens is 2. The minimum absolute atomic E-state index is 0.124. The fraction of sp³-hybridized carbons (Fsp3) is 0.412. The van der Waals surface area contributed by atoms with E-state index in [0.717, 1.165) is 0 Å². The Bertz CT molecular complexity index is 704. The molecule has 2 N–H and O–H groups in total. The van der Waals surface area contributed by atoms with Crippen LogP contribution in [0.1, 0.15) is 38.1 Å². The molecule has 2 rings (SSSR count). The van der Waals surface area contributed by atoms with E-state index in [4.69, 9.17) is 16.7 Å². The summed E-state index contributed by atoms with van der Waals surface area (Å²) in [4.78, 5) is 12.5. The minimum atomic E-state index is -0.334. The normalized spacial score (nSPS) is 13.0. The van der Waals surface area contributed by atoms with Crippen molar-refractivity contribution in [1.29, 1.82) is 0 Å². The van der Waals surface area contributed by atoms with Crippen molar-refractivity contribution in [2.24, 2.45) is 0 Å². The van der Waals surface area contributed by atoms with Gasteiger partial charge in [0.25, 0.3) is 5.91 Å². The molecule has 2 aromatic rings. The lowest BCUT2D eigenvalue weighted by molar-refractivity contribution is 0.0922. The molecule has 1 aromatic heterocycles. The Labute approximate surface area is 141 Å². The van der Waals surface area contributed by atoms with Gasteiger partial charge in [-0.05, 0) is 33.8 Å². The quantitative estimate of drug-likeness (QED) is 0.902. The zero-order valence-corrected chi connectivity index (χ0v) is 14.6. The SMILES string of the molecule is CC(CO)NC(=O)c1cn(C(C)(C)C)nc1-c1ccccc1Cl. The number of benzene rings is 1. The van der Waals surface area contributed by atoms with E-state index >= 15 is 0 Å². The summed E-state index contributed by atoms with van der Waals surface area (Å²) >= 11 is 6.27. The molecule has 124 valence electrons. The maximum Gasteiger partial charge on any atom is 0.255 e. The third-order valence-electron chi connectivity index (χ3n) is 3.43. The average molecular weight is 336 g/mol. The van der Waals surface area contributed by atoms with Gasteiger partial charge >= 0.3 is 0 Å². The van der Waals surface area contributed by atoms with Gasteiger partial charge in [-0.2, -0.15) is 5.10 Å². The molecular formula is C17H22ClN3O2. The first kappa shape index (κ1) is 17.5. The Morgan fingerprint density at radius 2 is 2.04 bits per heavy atom. The van der Waals surface area contributed by atoms with Gasteiger partial charge in [0.05, 0.1) is 22.7 Å². The second-order valence-corrected chi connectivity index (χ2v) is 6.95. The fourth-order valence-electron chi connectivity index (χ4n) is 2.08. The van der Waals surface area contributed by atoms with Crippen molar-refractivity contribution < 1.29 is 9.90 Å². The van der Waals surface area contributed by atoms with Crippen LogP contribution in [0.15, 0.2) is 30.5 Å². The Kier molecular flexibility index (Phi) is 5.12. The van der Waals surface area contributed by atoms with Crippen molar-refractivity contribution in [3.8, 4) is 11.3 Å². The molecular weight excluding hydrogens is 314 g/mol. The topological polar surface area (TPSA) is 67.2 Å². The first-order chi connectivity index (χ1) is 10.7. The number of rotatable bonds is 4. The first-order valence-corrected chi connectivity index (χ1v) is 7.88. The molecule has 1 unspecified atom stereocenters. The summed E-state index contributed by atoms with van der Waals surface area (Å²) in [6.07, 6.45) is 1.72. The Morgan fingerprint density at radius 1 is 1.39 bits per heavy atom. The highest BCUT2D eigenvalue weighted by Crippen LogP contribution is 2.30. The number of carbonyl (C=O) groups is 1. The molecule has 0 saturated heterocycles. The van der Waals surface area contributed by atoms with Gasteiger partial charge < -0.3 is 10.4 Å². The van der Waals surface area contributed by atoms with Crippen LogP contribution < -0.4 is 5.32 Å². The molecule has 0 spiro atoms. The van der Waals surface area contributed by atoms with Gasteiger partial charge in [0.15, 0.2) is 0 Å². The van der Waals surface area contributed by atoms with Crippen LogP contribution in [0.4, 0.5) is 0 Å². The zero-order valence-electron chi connectivity index (χ0n) is 13.8. The van der Waals surface area contributed by atoms with Crippen LogP contribution in [0, 0.1) is 0 Å². The average Bonchev–Trinajstić information content (AvgIpc) is 2.92. The van der Waals surface area contributed by atoms with Crippen molar-refractivity contribution >= 4 is 17.5 Å². The standard InChI is InChI=1S/C17H22ClN3O2/c1-11(10-22)19-16(23)13-9-21(17(2,3)4)20-15(13)12-7-5-6-8-14(12)18/h5-9,11,22H,10H2,1-4H3,(H,19,23). The van der Waals surface area contributed by atoms with Gasteiger partial charge in [-0.15, -0.1) is 0 Å². The second kappa shape index (κ2) is 6.72. The van der Waals surface area contributed by atoms with Crippen molar-refractivity contribution in [2.75, 3.05) is 6.61 Å². The molecule has 23 heavy (non-hydrogen) atoms. The molecule has 0 saturated carbocycles. The summed E-state index contributed by atoms with van der Waals surface area (Å²) in [5, 5.41) is 17.0. The van der Waals surface area contributed by atoms with Gasteiger partial charge in [0.2, 0.25) is 0 Å². The molecule has 1 aromatic carbocycles. The lowest BCUT2D eigenvalue weighted by atomic mass is 10.1. The second-order valence-electron chi connectivity index (χ2n) is 6.54. The predicted molar refractivity (Wildman–Crippen MR) is 91.7 cm³/mol. The third-order valence-corrected chi connectivity index (χ3v) is 3.76. The summed E-state index contributed by atoms with van der Waals surface area (Å²) in [6.45, 7) is 7.64. The van der Waals surface area contributed by atoms with Crippen molar-refractivity contribution in [3.05, 3.63) is 41.0 Å². The number of aliphatic hydroxyl groups is 1. The highest BCUT2D eigenvalue weighted by Gasteiger charge is 2.24. The van der Waals surface area contributed by atoms with E-state index in [1.165, 1.54) is 0 Å². The Morgan fingerprint density at radius 3 is 2.61 bits per heavy atom. The molecule has 6 heteroatoms. The number of hydrogen-bond acceptors (Lipinski definition) is 3. The first-order valence-electron chi connectivity index (χ1n) is 7.51. The number of aliphatic hydroxyl groups excluding tert-OH is 1. The zero-order chi connectivity index (χ0) is 17.2. The molecule has 1 amide bonds. The lowest BCUT2D eigenvalue weighted by Gasteiger charge is -2.18. The molecule has 0 bridgehead atoms. The highest BCUT2D eigenvalue weighted by molar-refractivity contribution is 6.33. The largest absolute Gasteiger partial charge is 0.394 e. The van der Waals surface area contributed by atoms with Crippen LogP contribution in [-0.4, -0.2) is 33.4 Å². The number of amides is 1. The van der Waals surface area contributed by atoms with E-state index in [2.05, 4.69) is 10.4 Å². The summed E-state index contributed by atoms with van der Waals surface area (Å²) in [7, 11) is 0. The van der Waals surface area contributed by atoms with E-state index < -0.39 is 0 Å². The molecule has 0 aliphatic heterocycles. The van der Waals surface area contributed by atoms with Crippen molar-refractivity contribution in [1.82, 2.24) is 15.1 Å². The number of nitrogens with zero attached hydrogens (tertiary/aromatic N) is 2. The maximum absolute atomic E-state index is 12.5. The van der Waals surface area contributed by atoms with Crippen LogP contribution in [0.25, 0.3) is 11.3 Å². The smallest absolute Gasteiger partial charge is 0.255 e. The lowest BCUT2D eigenvalue weighted by Crippen LogP contribution is -2.35. The molecule has 0 aliphatic carbocycles. The van der Waals surface area contributed by atoms with Crippen LogP contribution in [0.3, 0.4) is 0 Å². The fourth-order valence-corrected chi connectivity index (χ4v) is 2.31.